The predicted molar refractivity (Wildman–Crippen MR) is 150 cm³/mol. The molecule has 0 bridgehead atoms. The molecule has 0 aliphatic rings. The molecular formula is C29H33ClF3N3O3. The first kappa shape index (κ1) is 31.8. The summed E-state index contributed by atoms with van der Waals surface area (Å²) in [5.41, 5.74) is 3.31. The molecule has 0 aliphatic carbocycles. The summed E-state index contributed by atoms with van der Waals surface area (Å²) in [7, 11) is 3.62. The van der Waals surface area contributed by atoms with Crippen LogP contribution in [0.4, 0.5) is 30.2 Å². The number of carbonyl (C=O) groups excluding carboxylic acids is 1. The van der Waals surface area contributed by atoms with E-state index in [1.165, 1.54) is 17.7 Å². The minimum Gasteiger partial charge on any atom is -0.382 e. The van der Waals surface area contributed by atoms with Gasteiger partial charge >= 0.3 is 6.18 Å². The van der Waals surface area contributed by atoms with E-state index in [1.54, 1.807) is 19.5 Å². The van der Waals surface area contributed by atoms with Gasteiger partial charge in [-0.3, -0.25) is 4.98 Å². The van der Waals surface area contributed by atoms with Crippen molar-refractivity contribution < 1.29 is 27.4 Å². The molecule has 0 spiro atoms. The fourth-order valence-corrected chi connectivity index (χ4v) is 3.91. The van der Waals surface area contributed by atoms with Crippen LogP contribution in [0.1, 0.15) is 30.4 Å². The molecule has 1 aromatic heterocycles. The number of rotatable bonds is 13. The number of anilines is 3. The number of hydrogen-bond acceptors (Lipinski definition) is 6. The highest BCUT2D eigenvalue weighted by Gasteiger charge is 2.33. The summed E-state index contributed by atoms with van der Waals surface area (Å²) in [6, 6.07) is 15.2. The molecule has 0 radical (unpaired) electrons. The van der Waals surface area contributed by atoms with E-state index >= 15 is 0 Å². The number of unbranched alkanes of at least 4 members (excludes halogenated alkanes) is 1. The van der Waals surface area contributed by atoms with Crippen molar-refractivity contribution in [3.05, 3.63) is 89.3 Å². The number of aromatic nitrogens is 1. The number of halogens is 4. The number of allylic oxidation sites excluding steroid dienone is 1. The van der Waals surface area contributed by atoms with Crippen molar-refractivity contribution in [2.45, 2.75) is 25.4 Å². The second-order valence-corrected chi connectivity index (χ2v) is 8.83. The van der Waals surface area contributed by atoms with Crippen LogP contribution in [-0.4, -0.2) is 45.8 Å². The number of benzene rings is 2. The zero-order valence-corrected chi connectivity index (χ0v) is 22.8. The molecule has 3 aromatic rings. The summed E-state index contributed by atoms with van der Waals surface area (Å²) >= 11 is 5.72. The molecule has 0 atom stereocenters. The Labute approximate surface area is 232 Å². The topological polar surface area (TPSA) is 63.7 Å². The first-order valence-corrected chi connectivity index (χ1v) is 12.6. The third kappa shape index (κ3) is 10.7. The summed E-state index contributed by atoms with van der Waals surface area (Å²) in [5, 5.41) is 2.68. The lowest BCUT2D eigenvalue weighted by molar-refractivity contribution is -0.137. The highest BCUT2D eigenvalue weighted by atomic mass is 35.5. The van der Waals surface area contributed by atoms with E-state index in [4.69, 9.17) is 25.9 Å². The van der Waals surface area contributed by atoms with Gasteiger partial charge in [0.25, 0.3) is 0 Å². The molecule has 1 N–H and O–H groups in total. The smallest absolute Gasteiger partial charge is 0.382 e. The number of carbonyl (C=O) groups is 1. The quantitative estimate of drug-likeness (QED) is 0.216. The lowest BCUT2D eigenvalue weighted by atomic mass is 10.0. The van der Waals surface area contributed by atoms with E-state index < -0.39 is 11.7 Å². The van der Waals surface area contributed by atoms with Crippen LogP contribution >= 0.6 is 11.6 Å². The fourth-order valence-electron chi connectivity index (χ4n) is 3.69. The van der Waals surface area contributed by atoms with E-state index in [-0.39, 0.29) is 5.02 Å². The molecule has 0 amide bonds. The lowest BCUT2D eigenvalue weighted by Gasteiger charge is -2.19. The molecule has 39 heavy (non-hydrogen) atoms. The molecule has 0 unspecified atom stereocenters. The standard InChI is InChI=1S/C28H31ClF3N3O2.CH2O/c1-35(20-22(21-12-14-33-15-13-21)5-3-4-16-37-18-17-36-2)25-9-6-23(7-10-25)34-24-8-11-27(29)26(19-24)28(30,31)32;1-2/h6-15,19-20,34H,3-5,16-18H2,1-2H3;1H2/b22-20-;. The summed E-state index contributed by atoms with van der Waals surface area (Å²) in [6.07, 6.45) is 3.92. The Morgan fingerprint density at radius 3 is 2.31 bits per heavy atom. The van der Waals surface area contributed by atoms with E-state index in [9.17, 15) is 13.2 Å². The molecule has 10 heteroatoms. The molecule has 0 aliphatic heterocycles. The number of methoxy groups -OCH3 is 1. The first-order valence-electron chi connectivity index (χ1n) is 12.2. The Hall–Kier alpha value is -3.40. The monoisotopic (exact) mass is 563 g/mol. The third-order valence-corrected chi connectivity index (χ3v) is 5.98. The summed E-state index contributed by atoms with van der Waals surface area (Å²) in [6.45, 7) is 3.88. The fraction of sp³-hybridized carbons (Fsp3) is 0.310. The molecule has 0 saturated heterocycles. The first-order chi connectivity index (χ1) is 18.8. The molecule has 3 rings (SSSR count). The highest BCUT2D eigenvalue weighted by molar-refractivity contribution is 6.31. The number of ether oxygens (including phenoxy) is 2. The lowest BCUT2D eigenvalue weighted by Crippen LogP contribution is -2.09. The SMILES string of the molecule is C=O.COCCOCCCC/C(=C/N(C)c1ccc(Nc2ccc(Cl)c(C(F)(F)F)c2)cc1)c1ccncc1. The average Bonchev–Trinajstić information content (AvgIpc) is 2.94. The van der Waals surface area contributed by atoms with Gasteiger partial charge < -0.3 is 24.5 Å². The normalized spacial score (nSPS) is 11.5. The van der Waals surface area contributed by atoms with Gasteiger partial charge in [-0.2, -0.15) is 13.2 Å². The summed E-state index contributed by atoms with van der Waals surface area (Å²) < 4.78 is 50.0. The molecular weight excluding hydrogens is 531 g/mol. The van der Waals surface area contributed by atoms with Gasteiger partial charge in [0, 0.05) is 56.4 Å². The largest absolute Gasteiger partial charge is 0.417 e. The predicted octanol–water partition coefficient (Wildman–Crippen LogP) is 7.62. The summed E-state index contributed by atoms with van der Waals surface area (Å²) in [4.78, 5) is 14.1. The van der Waals surface area contributed by atoms with Gasteiger partial charge in [0.05, 0.1) is 23.8 Å². The molecule has 210 valence electrons. The second kappa shape index (κ2) is 16.5. The maximum absolute atomic E-state index is 13.2. The third-order valence-electron chi connectivity index (χ3n) is 5.65. The highest BCUT2D eigenvalue weighted by Crippen LogP contribution is 2.37. The second-order valence-electron chi connectivity index (χ2n) is 8.43. The zero-order valence-electron chi connectivity index (χ0n) is 22.0. The van der Waals surface area contributed by atoms with Crippen LogP contribution in [0.25, 0.3) is 5.57 Å². The molecule has 0 saturated carbocycles. The van der Waals surface area contributed by atoms with Crippen molar-refractivity contribution in [2.75, 3.05) is 44.2 Å². The van der Waals surface area contributed by atoms with Crippen molar-refractivity contribution in [3.63, 3.8) is 0 Å². The Morgan fingerprint density at radius 1 is 1.00 bits per heavy atom. The zero-order chi connectivity index (χ0) is 28.7. The maximum Gasteiger partial charge on any atom is 0.417 e. The van der Waals surface area contributed by atoms with E-state index in [2.05, 4.69) is 16.5 Å². The Kier molecular flexibility index (Phi) is 13.5. The van der Waals surface area contributed by atoms with Gasteiger partial charge in [0.2, 0.25) is 0 Å². The van der Waals surface area contributed by atoms with E-state index in [0.29, 0.717) is 31.2 Å². The van der Waals surface area contributed by atoms with Gasteiger partial charge in [0.15, 0.2) is 0 Å². The number of pyridine rings is 1. The van der Waals surface area contributed by atoms with Crippen LogP contribution in [0.3, 0.4) is 0 Å². The van der Waals surface area contributed by atoms with Crippen molar-refractivity contribution in [3.8, 4) is 0 Å². The van der Waals surface area contributed by atoms with E-state index in [0.717, 1.165) is 36.6 Å². The number of hydrogen-bond donors (Lipinski definition) is 1. The van der Waals surface area contributed by atoms with Crippen LogP contribution in [0.2, 0.25) is 5.02 Å². The van der Waals surface area contributed by atoms with Gasteiger partial charge in [0.1, 0.15) is 6.79 Å². The number of nitrogens with one attached hydrogen (secondary N) is 1. The van der Waals surface area contributed by atoms with E-state index in [1.807, 2.05) is 55.1 Å². The van der Waals surface area contributed by atoms with Crippen molar-refractivity contribution >= 4 is 41.0 Å². The van der Waals surface area contributed by atoms with Gasteiger partial charge in [-0.1, -0.05) is 11.6 Å². The minimum atomic E-state index is -4.52. The van der Waals surface area contributed by atoms with Gasteiger partial charge in [-0.15, -0.1) is 0 Å². The van der Waals surface area contributed by atoms with Crippen molar-refractivity contribution in [2.24, 2.45) is 0 Å². The number of nitrogens with zero attached hydrogens (tertiary/aromatic N) is 2. The van der Waals surface area contributed by atoms with Crippen LogP contribution in [0.15, 0.2) is 73.2 Å². The average molecular weight is 564 g/mol. The Balaban J connectivity index is 0.00000260. The molecule has 2 aromatic carbocycles. The summed E-state index contributed by atoms with van der Waals surface area (Å²) in [5.74, 6) is 0. The van der Waals surface area contributed by atoms with Crippen LogP contribution in [0, 0.1) is 0 Å². The van der Waals surface area contributed by atoms with Gasteiger partial charge in [-0.25, -0.2) is 0 Å². The van der Waals surface area contributed by atoms with Crippen LogP contribution in [0.5, 0.6) is 0 Å². The van der Waals surface area contributed by atoms with Crippen LogP contribution in [-0.2, 0) is 20.4 Å². The van der Waals surface area contributed by atoms with Gasteiger partial charge in [-0.05, 0) is 85.0 Å². The number of alkyl halides is 3. The Bertz CT molecular complexity index is 1160. The minimum absolute atomic E-state index is 0.309. The molecule has 0 fully saturated rings. The molecule has 6 nitrogen and oxygen atoms in total. The van der Waals surface area contributed by atoms with Crippen LogP contribution < -0.4 is 10.2 Å². The van der Waals surface area contributed by atoms with Crippen molar-refractivity contribution in [1.29, 1.82) is 0 Å². The Morgan fingerprint density at radius 2 is 1.67 bits per heavy atom. The van der Waals surface area contributed by atoms with Crippen molar-refractivity contribution in [1.82, 2.24) is 4.98 Å². The maximum atomic E-state index is 13.2. The molecule has 1 heterocycles.